The molecule has 0 spiro atoms. The number of morpholine rings is 1. The van der Waals surface area contributed by atoms with Gasteiger partial charge >= 0.3 is 0 Å². The lowest BCUT2D eigenvalue weighted by atomic mass is 10.2. The monoisotopic (exact) mass is 214 g/mol. The fourth-order valence-corrected chi connectivity index (χ4v) is 1.82. The molecule has 0 aromatic heterocycles. The topological polar surface area (TPSA) is 41.6 Å². The van der Waals surface area contributed by atoms with Gasteiger partial charge in [0.2, 0.25) is 0 Å². The van der Waals surface area contributed by atoms with Crippen LogP contribution in [0.25, 0.3) is 0 Å². The second-order valence-electron chi connectivity index (χ2n) is 3.76. The van der Waals surface area contributed by atoms with Gasteiger partial charge in [-0.15, -0.1) is 0 Å². The van der Waals surface area contributed by atoms with Gasteiger partial charge in [0.25, 0.3) is 5.91 Å². The van der Waals surface area contributed by atoms with E-state index in [1.165, 1.54) is 11.0 Å². The van der Waals surface area contributed by atoms with E-state index in [4.69, 9.17) is 4.74 Å². The molecule has 1 amide bonds. The number of nitrogens with zero attached hydrogens (tertiary/aromatic N) is 1. The van der Waals surface area contributed by atoms with E-state index in [9.17, 15) is 9.18 Å². The largest absolute Gasteiger partial charge is 0.366 e. The summed E-state index contributed by atoms with van der Waals surface area (Å²) in [6.45, 7) is 2.53. The quantitative estimate of drug-likeness (QED) is 0.671. The van der Waals surface area contributed by atoms with Crippen LogP contribution in [0.15, 0.2) is 11.9 Å². The van der Waals surface area contributed by atoms with Crippen molar-refractivity contribution in [2.24, 2.45) is 0 Å². The Labute approximate surface area is 88.1 Å². The van der Waals surface area contributed by atoms with Crippen LogP contribution in [0.3, 0.4) is 0 Å². The molecule has 1 N–H and O–H groups in total. The zero-order valence-corrected chi connectivity index (χ0v) is 8.54. The molecule has 0 aromatic rings. The molecular formula is C10H15FN2O2. The van der Waals surface area contributed by atoms with Crippen LogP contribution in [-0.4, -0.2) is 49.7 Å². The fraction of sp³-hybridized carbons (Fsp3) is 0.700. The highest BCUT2D eigenvalue weighted by Gasteiger charge is 2.28. The van der Waals surface area contributed by atoms with E-state index in [1.807, 2.05) is 0 Å². The summed E-state index contributed by atoms with van der Waals surface area (Å²) in [6, 6.07) is 0. The molecule has 15 heavy (non-hydrogen) atoms. The van der Waals surface area contributed by atoms with Gasteiger partial charge in [-0.05, 0) is 12.5 Å². The highest BCUT2D eigenvalue weighted by Crippen LogP contribution is 2.13. The Hall–Kier alpha value is -0.940. The summed E-state index contributed by atoms with van der Waals surface area (Å²) in [4.78, 5) is 13.4. The third-order valence-corrected chi connectivity index (χ3v) is 2.62. The van der Waals surface area contributed by atoms with Gasteiger partial charge in [0.15, 0.2) is 0 Å². The van der Waals surface area contributed by atoms with Crippen LogP contribution in [0, 0.1) is 0 Å². The minimum absolute atomic E-state index is 0.0959. The SMILES string of the molecule is O=C(C1CNCCO1)N1CCC=C(F)C1. The third-order valence-electron chi connectivity index (χ3n) is 2.62. The number of nitrogens with one attached hydrogen (secondary N) is 1. The van der Waals surface area contributed by atoms with Crippen LogP contribution < -0.4 is 5.32 Å². The number of amides is 1. The Morgan fingerprint density at radius 1 is 1.67 bits per heavy atom. The van der Waals surface area contributed by atoms with Crippen molar-refractivity contribution in [1.29, 1.82) is 0 Å². The summed E-state index contributed by atoms with van der Waals surface area (Å²) in [6.07, 6.45) is 1.69. The minimum Gasteiger partial charge on any atom is -0.366 e. The molecule has 1 atom stereocenters. The van der Waals surface area contributed by atoms with E-state index in [0.717, 1.165) is 6.54 Å². The van der Waals surface area contributed by atoms with Crippen molar-refractivity contribution < 1.29 is 13.9 Å². The molecule has 0 aliphatic carbocycles. The van der Waals surface area contributed by atoms with Crippen molar-refractivity contribution in [2.45, 2.75) is 12.5 Å². The minimum atomic E-state index is -0.440. The molecule has 2 rings (SSSR count). The number of hydrogen-bond acceptors (Lipinski definition) is 3. The first-order valence-corrected chi connectivity index (χ1v) is 5.23. The average Bonchev–Trinajstić information content (AvgIpc) is 2.29. The molecule has 2 aliphatic heterocycles. The first kappa shape index (κ1) is 10.6. The summed E-state index contributed by atoms with van der Waals surface area (Å²) in [5.41, 5.74) is 0. The number of carbonyl (C=O) groups is 1. The molecule has 2 heterocycles. The summed E-state index contributed by atoms with van der Waals surface area (Å²) < 4.78 is 18.3. The first-order valence-electron chi connectivity index (χ1n) is 5.23. The maximum absolute atomic E-state index is 13.0. The van der Waals surface area contributed by atoms with Gasteiger partial charge in [-0.3, -0.25) is 4.79 Å². The molecule has 1 fully saturated rings. The smallest absolute Gasteiger partial charge is 0.253 e. The molecule has 5 heteroatoms. The molecule has 4 nitrogen and oxygen atoms in total. The molecule has 0 radical (unpaired) electrons. The van der Waals surface area contributed by atoms with Crippen LogP contribution >= 0.6 is 0 Å². The third kappa shape index (κ3) is 2.54. The van der Waals surface area contributed by atoms with Crippen LogP contribution in [0.1, 0.15) is 6.42 Å². The van der Waals surface area contributed by atoms with E-state index in [2.05, 4.69) is 5.32 Å². The summed E-state index contributed by atoms with van der Waals surface area (Å²) in [5.74, 6) is -0.330. The van der Waals surface area contributed by atoms with Crippen LogP contribution in [0.5, 0.6) is 0 Å². The van der Waals surface area contributed by atoms with Crippen molar-refractivity contribution in [2.75, 3.05) is 32.8 Å². The van der Waals surface area contributed by atoms with E-state index >= 15 is 0 Å². The average molecular weight is 214 g/mol. The van der Waals surface area contributed by atoms with Crippen molar-refractivity contribution in [1.82, 2.24) is 10.2 Å². The van der Waals surface area contributed by atoms with Crippen molar-refractivity contribution >= 4 is 5.91 Å². The Morgan fingerprint density at radius 3 is 3.20 bits per heavy atom. The Kier molecular flexibility index (Phi) is 3.33. The predicted octanol–water partition coefficient (Wildman–Crippen LogP) is 0.0605. The predicted molar refractivity (Wildman–Crippen MR) is 53.0 cm³/mol. The summed E-state index contributed by atoms with van der Waals surface area (Å²) in [5, 5.41) is 3.09. The van der Waals surface area contributed by atoms with Gasteiger partial charge in [0.05, 0.1) is 13.2 Å². The van der Waals surface area contributed by atoms with Crippen LogP contribution in [0.4, 0.5) is 4.39 Å². The summed E-state index contributed by atoms with van der Waals surface area (Å²) >= 11 is 0. The second-order valence-corrected chi connectivity index (χ2v) is 3.76. The standard InChI is InChI=1S/C10H15FN2O2/c11-8-2-1-4-13(7-8)10(14)9-6-12-3-5-15-9/h2,9,12H,1,3-7H2. The molecule has 0 bridgehead atoms. The van der Waals surface area contributed by atoms with Crippen molar-refractivity contribution in [3.63, 3.8) is 0 Å². The van der Waals surface area contributed by atoms with Gasteiger partial charge in [0.1, 0.15) is 11.9 Å². The maximum atomic E-state index is 13.0. The van der Waals surface area contributed by atoms with Gasteiger partial charge in [0, 0.05) is 19.6 Å². The summed E-state index contributed by atoms with van der Waals surface area (Å²) in [7, 11) is 0. The molecule has 1 unspecified atom stereocenters. The molecule has 84 valence electrons. The number of rotatable bonds is 1. The highest BCUT2D eigenvalue weighted by atomic mass is 19.1. The lowest BCUT2D eigenvalue weighted by molar-refractivity contribution is -0.145. The van der Waals surface area contributed by atoms with E-state index in [1.54, 1.807) is 0 Å². The lowest BCUT2D eigenvalue weighted by Gasteiger charge is -2.30. The Bertz CT molecular complexity index is 275. The highest BCUT2D eigenvalue weighted by molar-refractivity contribution is 5.81. The number of carbonyl (C=O) groups excluding carboxylic acids is 1. The van der Waals surface area contributed by atoms with Gasteiger partial charge in [-0.1, -0.05) is 0 Å². The molecule has 1 saturated heterocycles. The lowest BCUT2D eigenvalue weighted by Crippen LogP contribution is -2.50. The van der Waals surface area contributed by atoms with Gasteiger partial charge in [-0.25, -0.2) is 4.39 Å². The van der Waals surface area contributed by atoms with Crippen molar-refractivity contribution in [3.8, 4) is 0 Å². The Morgan fingerprint density at radius 2 is 2.53 bits per heavy atom. The molecule has 0 saturated carbocycles. The fourth-order valence-electron chi connectivity index (χ4n) is 1.82. The first-order chi connectivity index (χ1) is 7.27. The molecule has 2 aliphatic rings. The second kappa shape index (κ2) is 4.72. The molecular weight excluding hydrogens is 199 g/mol. The zero-order valence-electron chi connectivity index (χ0n) is 8.54. The maximum Gasteiger partial charge on any atom is 0.253 e. The molecule has 0 aromatic carbocycles. The van der Waals surface area contributed by atoms with E-state index in [-0.39, 0.29) is 18.3 Å². The van der Waals surface area contributed by atoms with Crippen LogP contribution in [-0.2, 0) is 9.53 Å². The normalized spacial score (nSPS) is 27.4. The van der Waals surface area contributed by atoms with E-state index < -0.39 is 6.10 Å². The number of hydrogen-bond donors (Lipinski definition) is 1. The number of halogens is 1. The van der Waals surface area contributed by atoms with E-state index in [0.29, 0.717) is 26.1 Å². The Balaban J connectivity index is 1.92. The van der Waals surface area contributed by atoms with Gasteiger partial charge < -0.3 is 15.0 Å². The van der Waals surface area contributed by atoms with Crippen molar-refractivity contribution in [3.05, 3.63) is 11.9 Å². The van der Waals surface area contributed by atoms with Gasteiger partial charge in [-0.2, -0.15) is 0 Å². The van der Waals surface area contributed by atoms with Crippen LogP contribution in [0.2, 0.25) is 0 Å². The number of ether oxygens (including phenoxy) is 1. The zero-order chi connectivity index (χ0) is 10.7.